The summed E-state index contributed by atoms with van der Waals surface area (Å²) in [6.45, 7) is -9.45. The molecular formula is C46H44N10+4. The fourth-order valence-electron chi connectivity index (χ4n) is 6.85. The lowest BCUT2D eigenvalue weighted by Crippen LogP contribution is -2.27. The molecule has 0 atom stereocenters. The van der Waals surface area contributed by atoms with Gasteiger partial charge in [-0.1, -0.05) is 24.3 Å². The maximum Gasteiger partial charge on any atom is 0.248 e. The lowest BCUT2D eigenvalue weighted by atomic mass is 10.1. The predicted octanol–water partition coefficient (Wildman–Crippen LogP) is 7.09. The molecule has 4 aromatic heterocycles. The number of aryl methyl sites for hydroxylation is 4. The van der Waals surface area contributed by atoms with Gasteiger partial charge in [0.05, 0.1) is 67.1 Å². The normalized spacial score (nSPS) is 15.3. The molecule has 0 unspecified atom stereocenters. The van der Waals surface area contributed by atoms with E-state index in [4.69, 9.17) is 16.4 Å². The first-order valence-electron chi connectivity index (χ1n) is 23.7. The molecule has 56 heavy (non-hydrogen) atoms. The van der Waals surface area contributed by atoms with Crippen LogP contribution in [0.3, 0.4) is 0 Å². The van der Waals surface area contributed by atoms with Gasteiger partial charge in [0.15, 0.2) is 0 Å². The molecular weight excluding hydrogens is 693 g/mol. The number of imidazole rings is 4. The third-order valence-corrected chi connectivity index (χ3v) is 9.46. The zero-order valence-corrected chi connectivity index (χ0v) is 29.9. The number of anilines is 6. The van der Waals surface area contributed by atoms with E-state index in [1.165, 1.54) is 50.1 Å². The first-order valence-corrected chi connectivity index (χ1v) is 17.7. The predicted molar refractivity (Wildman–Crippen MR) is 218 cm³/mol. The van der Waals surface area contributed by atoms with Crippen LogP contribution >= 0.6 is 0 Å². The number of rotatable bonds is 10. The van der Waals surface area contributed by atoms with E-state index in [1.807, 2.05) is 131 Å². The molecule has 0 saturated heterocycles. The van der Waals surface area contributed by atoms with Crippen LogP contribution < -0.4 is 28.1 Å². The average molecular weight is 749 g/mol. The molecule has 0 bridgehead atoms. The van der Waals surface area contributed by atoms with Crippen LogP contribution in [-0.2, 0) is 27.9 Å². The zero-order valence-electron chi connectivity index (χ0n) is 41.9. The van der Waals surface area contributed by atoms with Crippen LogP contribution in [0.15, 0.2) is 196 Å². The van der Waals surface area contributed by atoms with Gasteiger partial charge >= 0.3 is 0 Å². The Morgan fingerprint density at radius 2 is 0.857 bits per heavy atom. The highest BCUT2D eigenvalue weighted by molar-refractivity contribution is 5.82. The van der Waals surface area contributed by atoms with Gasteiger partial charge in [0.25, 0.3) is 0 Å². The van der Waals surface area contributed by atoms with Gasteiger partial charge in [-0.3, -0.25) is 0 Å². The summed E-state index contributed by atoms with van der Waals surface area (Å²) < 4.78 is 106. The van der Waals surface area contributed by atoms with Crippen molar-refractivity contribution in [3.8, 4) is 22.7 Å². The quantitative estimate of drug-likeness (QED) is 0.140. The number of hydrogen-bond donors (Lipinski definition) is 0. The molecule has 0 radical (unpaired) electrons. The smallest absolute Gasteiger partial charge is 0.248 e. The number of benzene rings is 5. The zero-order chi connectivity index (χ0) is 48.2. The molecule has 0 aliphatic heterocycles. The summed E-state index contributed by atoms with van der Waals surface area (Å²) in [6.07, 6.45) is 18.8. The van der Waals surface area contributed by atoms with Crippen molar-refractivity contribution < 1.29 is 34.7 Å². The van der Waals surface area contributed by atoms with Crippen LogP contribution in [0.5, 0.6) is 0 Å². The van der Waals surface area contributed by atoms with Crippen molar-refractivity contribution in [2.45, 2.75) is 0 Å². The van der Waals surface area contributed by atoms with Crippen molar-refractivity contribution in [1.82, 2.24) is 18.3 Å². The van der Waals surface area contributed by atoms with Crippen LogP contribution in [0, 0.1) is 0 Å². The highest BCUT2D eigenvalue weighted by Crippen LogP contribution is 2.40. The van der Waals surface area contributed by atoms with Crippen LogP contribution in [0.1, 0.15) is 16.4 Å². The first-order chi connectivity index (χ1) is 32.2. The van der Waals surface area contributed by atoms with Gasteiger partial charge in [-0.15, -0.1) is 0 Å². The Bertz CT molecular complexity index is 2820. The number of nitrogens with zero attached hydrogens (tertiary/aromatic N) is 10. The molecule has 4 heterocycles. The van der Waals surface area contributed by atoms with Gasteiger partial charge in [0, 0.05) is 35.6 Å². The Kier molecular flexibility index (Phi) is 6.01. The Hall–Kier alpha value is -7.46. The largest absolute Gasteiger partial charge is 0.310 e. The molecule has 10 nitrogen and oxygen atoms in total. The lowest BCUT2D eigenvalue weighted by Gasteiger charge is -2.28. The highest BCUT2D eigenvalue weighted by atomic mass is 15.2. The van der Waals surface area contributed by atoms with Gasteiger partial charge in [-0.2, -0.15) is 0 Å². The van der Waals surface area contributed by atoms with Crippen LogP contribution in [-0.4, -0.2) is 18.3 Å². The van der Waals surface area contributed by atoms with Crippen molar-refractivity contribution in [3.63, 3.8) is 0 Å². The highest BCUT2D eigenvalue weighted by Gasteiger charge is 2.20. The van der Waals surface area contributed by atoms with E-state index in [1.54, 1.807) is 43.1 Å². The Balaban J connectivity index is 1.16. The summed E-state index contributed by atoms with van der Waals surface area (Å²) in [6, 6.07) is 38.5. The van der Waals surface area contributed by atoms with E-state index in [0.717, 1.165) is 52.4 Å². The third kappa shape index (κ3) is 6.87. The molecule has 0 saturated carbocycles. The van der Waals surface area contributed by atoms with Gasteiger partial charge < -0.3 is 9.80 Å². The van der Waals surface area contributed by atoms with Crippen LogP contribution in [0.4, 0.5) is 34.1 Å². The summed E-state index contributed by atoms with van der Waals surface area (Å²) in [7, 11) is 0. The topological polar surface area (TPSA) is 41.7 Å². The molecule has 9 rings (SSSR count). The molecule has 0 aliphatic carbocycles. The van der Waals surface area contributed by atoms with E-state index >= 15 is 0 Å². The lowest BCUT2D eigenvalue weighted by molar-refractivity contribution is -0.670. The van der Waals surface area contributed by atoms with Crippen molar-refractivity contribution in [3.05, 3.63) is 196 Å². The van der Waals surface area contributed by atoms with Crippen molar-refractivity contribution in [2.24, 2.45) is 27.9 Å². The van der Waals surface area contributed by atoms with E-state index in [2.05, 4.69) is 0 Å². The van der Waals surface area contributed by atoms with E-state index < -0.39 is 27.9 Å². The fourth-order valence-corrected chi connectivity index (χ4v) is 6.85. The summed E-state index contributed by atoms with van der Waals surface area (Å²) >= 11 is 0. The maximum absolute atomic E-state index is 7.91. The average Bonchev–Trinajstić information content (AvgIpc) is 4.14. The summed E-state index contributed by atoms with van der Waals surface area (Å²) in [5, 5.41) is 0. The van der Waals surface area contributed by atoms with E-state index in [0.29, 0.717) is 22.7 Å². The van der Waals surface area contributed by atoms with Crippen LogP contribution in [0.25, 0.3) is 22.7 Å². The minimum Gasteiger partial charge on any atom is -0.310 e. The SMILES string of the molecule is [2H]C([2H])([2H])n1cc[n+](-c2cccc(N(c3ccc(N(c4cccc(-n5cc[n+](C([2H])([2H])[2H])c5)c4)c4cccc(-n5cc[n+](C([2H])([2H])[2H])c5)c4)cc3)c3cccc(-n4cc[n+](C([2H])([2H])[2H])c4)c3)c2)c1. The molecule has 0 N–H and O–H groups in total. The molecule has 10 heteroatoms. The van der Waals surface area contributed by atoms with Crippen LogP contribution in [0.2, 0.25) is 0 Å². The van der Waals surface area contributed by atoms with Crippen molar-refractivity contribution in [1.29, 1.82) is 0 Å². The second kappa shape index (κ2) is 14.4. The summed E-state index contributed by atoms with van der Waals surface area (Å²) in [5.74, 6) is 0. The Morgan fingerprint density at radius 3 is 1.25 bits per heavy atom. The van der Waals surface area contributed by atoms with E-state index in [9.17, 15) is 0 Å². The molecule has 0 aliphatic rings. The third-order valence-electron chi connectivity index (χ3n) is 9.46. The van der Waals surface area contributed by atoms with Crippen molar-refractivity contribution >= 4 is 34.1 Å². The molecule has 0 fully saturated rings. The second-order valence-electron chi connectivity index (χ2n) is 13.2. The second-order valence-corrected chi connectivity index (χ2v) is 13.2. The maximum atomic E-state index is 7.91. The van der Waals surface area contributed by atoms with Gasteiger partial charge in [-0.25, -0.2) is 36.5 Å². The summed E-state index contributed by atoms with van der Waals surface area (Å²) in [4.78, 5) is 4.09. The number of aromatic nitrogens is 8. The Labute approximate surface area is 343 Å². The molecule has 0 spiro atoms. The molecule has 9 aromatic rings. The first kappa shape index (κ1) is 23.4. The van der Waals surface area contributed by atoms with Gasteiger partial charge in [0.2, 0.25) is 25.3 Å². The molecule has 274 valence electrons. The minimum atomic E-state index is -2.36. The van der Waals surface area contributed by atoms with E-state index in [-0.39, 0.29) is 0 Å². The summed E-state index contributed by atoms with van der Waals surface area (Å²) in [5.41, 5.74) is 7.30. The minimum absolute atomic E-state index is 0.706. The van der Waals surface area contributed by atoms with Crippen molar-refractivity contribution in [2.75, 3.05) is 9.80 Å². The van der Waals surface area contributed by atoms with Gasteiger partial charge in [0.1, 0.15) is 72.3 Å². The number of hydrogen-bond acceptors (Lipinski definition) is 2. The Morgan fingerprint density at radius 1 is 0.429 bits per heavy atom. The standard InChI is InChI=1S/C46H44N10/c1-47-21-25-51(33-47)39-9-5-13-43(29-39)55(44-14-6-10-40(30-44)52-26-22-48(2)34-52)37-17-19-38(20-18-37)56(45-15-7-11-41(31-45)53-27-23-49(3)35-53)46-16-8-12-42(32-46)54-28-24-50(4)36-54/h5-36H,1-4H3/q+4/i1D3,2D3,3D3,4D3. The fraction of sp³-hybridized carbons (Fsp3) is 0.0870. The van der Waals surface area contributed by atoms with Gasteiger partial charge in [-0.05, 0) is 72.8 Å². The molecule has 0 amide bonds. The monoisotopic (exact) mass is 748 g/mol. The molecule has 5 aromatic carbocycles.